The molecule has 0 saturated heterocycles. The fourth-order valence-electron chi connectivity index (χ4n) is 2.32. The van der Waals surface area contributed by atoms with Gasteiger partial charge in [0.15, 0.2) is 0 Å². The lowest BCUT2D eigenvalue weighted by molar-refractivity contribution is 0.0172. The van der Waals surface area contributed by atoms with E-state index in [0.29, 0.717) is 11.7 Å². The molecule has 0 amide bonds. The molecule has 2 heteroatoms. The molecule has 1 aliphatic carbocycles. The first-order valence-electron chi connectivity index (χ1n) is 5.58. The molecular weight excluding hydrogens is 188 g/mol. The summed E-state index contributed by atoms with van der Waals surface area (Å²) >= 11 is 0. The molecule has 1 fully saturated rings. The molecule has 0 heterocycles. The highest BCUT2D eigenvalue weighted by atomic mass is 16.3. The second-order valence-corrected chi connectivity index (χ2v) is 4.86. The molecule has 0 spiro atoms. The Morgan fingerprint density at radius 2 is 1.67 bits per heavy atom. The first kappa shape index (κ1) is 10.5. The van der Waals surface area contributed by atoms with Crippen molar-refractivity contribution in [1.29, 1.82) is 0 Å². The number of phenols is 1. The van der Waals surface area contributed by atoms with Gasteiger partial charge in [0, 0.05) is 0 Å². The maximum absolute atomic E-state index is 9.84. The molecule has 1 aromatic carbocycles. The van der Waals surface area contributed by atoms with Crippen LogP contribution in [-0.2, 0) is 0 Å². The zero-order valence-electron chi connectivity index (χ0n) is 9.11. The van der Waals surface area contributed by atoms with Crippen molar-refractivity contribution < 1.29 is 10.2 Å². The van der Waals surface area contributed by atoms with E-state index in [1.165, 1.54) is 5.56 Å². The van der Waals surface area contributed by atoms with Crippen molar-refractivity contribution >= 4 is 0 Å². The first-order valence-corrected chi connectivity index (χ1v) is 5.58. The summed E-state index contributed by atoms with van der Waals surface area (Å²) in [5.74, 6) is 0.868. The zero-order valence-corrected chi connectivity index (χ0v) is 9.11. The van der Waals surface area contributed by atoms with Crippen LogP contribution in [0.15, 0.2) is 24.3 Å². The molecule has 0 aliphatic heterocycles. The second-order valence-electron chi connectivity index (χ2n) is 4.86. The molecule has 82 valence electrons. The van der Waals surface area contributed by atoms with Crippen molar-refractivity contribution in [3.05, 3.63) is 29.8 Å². The Hall–Kier alpha value is -1.02. The van der Waals surface area contributed by atoms with Crippen LogP contribution in [0.2, 0.25) is 0 Å². The summed E-state index contributed by atoms with van der Waals surface area (Å²) in [6.07, 6.45) is 3.83. The normalized spacial score (nSPS) is 31.5. The fraction of sp³-hybridized carbons (Fsp3) is 0.538. The van der Waals surface area contributed by atoms with Crippen LogP contribution in [0.5, 0.6) is 5.75 Å². The van der Waals surface area contributed by atoms with Crippen molar-refractivity contribution in [3.8, 4) is 5.75 Å². The van der Waals surface area contributed by atoms with Gasteiger partial charge in [-0.1, -0.05) is 12.1 Å². The van der Waals surface area contributed by atoms with Crippen LogP contribution in [0.1, 0.15) is 44.1 Å². The van der Waals surface area contributed by atoms with Gasteiger partial charge in [-0.25, -0.2) is 0 Å². The van der Waals surface area contributed by atoms with Gasteiger partial charge in [0.25, 0.3) is 0 Å². The van der Waals surface area contributed by atoms with Crippen LogP contribution >= 0.6 is 0 Å². The van der Waals surface area contributed by atoms with Crippen molar-refractivity contribution in [1.82, 2.24) is 0 Å². The number of hydrogen-bond donors (Lipinski definition) is 2. The largest absolute Gasteiger partial charge is 0.508 e. The van der Waals surface area contributed by atoms with Gasteiger partial charge in [-0.2, -0.15) is 0 Å². The number of aromatic hydroxyl groups is 1. The molecule has 2 rings (SSSR count). The molecule has 1 saturated carbocycles. The third-order valence-corrected chi connectivity index (χ3v) is 3.43. The average molecular weight is 206 g/mol. The summed E-state index contributed by atoms with van der Waals surface area (Å²) < 4.78 is 0. The molecule has 2 N–H and O–H groups in total. The second kappa shape index (κ2) is 3.86. The van der Waals surface area contributed by atoms with E-state index in [-0.39, 0.29) is 0 Å². The Kier molecular flexibility index (Phi) is 2.70. The van der Waals surface area contributed by atoms with Gasteiger partial charge in [-0.3, -0.25) is 0 Å². The van der Waals surface area contributed by atoms with Gasteiger partial charge in [-0.05, 0) is 56.2 Å². The Balaban J connectivity index is 2.04. The van der Waals surface area contributed by atoms with Crippen LogP contribution < -0.4 is 0 Å². The van der Waals surface area contributed by atoms with Gasteiger partial charge in [0.2, 0.25) is 0 Å². The van der Waals surface area contributed by atoms with Crippen LogP contribution in [0.3, 0.4) is 0 Å². The predicted molar refractivity (Wildman–Crippen MR) is 59.9 cm³/mol. The summed E-state index contributed by atoms with van der Waals surface area (Å²) in [5.41, 5.74) is 0.816. The van der Waals surface area contributed by atoms with E-state index in [1.807, 2.05) is 19.1 Å². The molecule has 0 atom stereocenters. The van der Waals surface area contributed by atoms with Crippen molar-refractivity contribution in [2.24, 2.45) is 0 Å². The van der Waals surface area contributed by atoms with E-state index in [2.05, 4.69) is 0 Å². The van der Waals surface area contributed by atoms with Gasteiger partial charge < -0.3 is 10.2 Å². The minimum absolute atomic E-state index is 0.321. The Morgan fingerprint density at radius 3 is 2.20 bits per heavy atom. The predicted octanol–water partition coefficient (Wildman–Crippen LogP) is 2.80. The van der Waals surface area contributed by atoms with E-state index in [1.54, 1.807) is 12.1 Å². The topological polar surface area (TPSA) is 40.5 Å². The number of rotatable bonds is 1. The summed E-state index contributed by atoms with van der Waals surface area (Å²) in [6, 6.07) is 7.45. The first-order chi connectivity index (χ1) is 7.07. The monoisotopic (exact) mass is 206 g/mol. The van der Waals surface area contributed by atoms with Gasteiger partial charge >= 0.3 is 0 Å². The van der Waals surface area contributed by atoms with Gasteiger partial charge in [0.1, 0.15) is 5.75 Å². The van der Waals surface area contributed by atoms with E-state index >= 15 is 0 Å². The Labute approximate surface area is 90.6 Å². The lowest BCUT2D eigenvalue weighted by Crippen LogP contribution is -2.29. The Bertz CT molecular complexity index is 317. The Morgan fingerprint density at radius 1 is 1.13 bits per heavy atom. The maximum Gasteiger partial charge on any atom is 0.115 e. The third kappa shape index (κ3) is 2.51. The van der Waals surface area contributed by atoms with Crippen LogP contribution in [0.4, 0.5) is 0 Å². The molecule has 0 aromatic heterocycles. The number of hydrogen-bond acceptors (Lipinski definition) is 2. The lowest BCUT2D eigenvalue weighted by atomic mass is 9.77. The lowest BCUT2D eigenvalue weighted by Gasteiger charge is -2.33. The molecule has 2 nitrogen and oxygen atoms in total. The standard InChI is InChI=1S/C13H18O2/c1-13(15)8-6-11(7-9-13)10-2-4-12(14)5-3-10/h2-5,11,14-15H,6-9H2,1H3/t11-,13+. The minimum Gasteiger partial charge on any atom is -0.508 e. The zero-order chi connectivity index (χ0) is 10.9. The smallest absolute Gasteiger partial charge is 0.115 e. The van der Waals surface area contributed by atoms with Gasteiger partial charge in [0.05, 0.1) is 5.60 Å². The summed E-state index contributed by atoms with van der Waals surface area (Å²) in [6.45, 7) is 1.92. The van der Waals surface area contributed by atoms with E-state index in [0.717, 1.165) is 25.7 Å². The highest BCUT2D eigenvalue weighted by Gasteiger charge is 2.29. The third-order valence-electron chi connectivity index (χ3n) is 3.43. The van der Waals surface area contributed by atoms with Crippen molar-refractivity contribution in [2.75, 3.05) is 0 Å². The highest BCUT2D eigenvalue weighted by Crippen LogP contribution is 2.37. The van der Waals surface area contributed by atoms with Gasteiger partial charge in [-0.15, -0.1) is 0 Å². The fourth-order valence-corrected chi connectivity index (χ4v) is 2.32. The van der Waals surface area contributed by atoms with Crippen LogP contribution in [0, 0.1) is 0 Å². The average Bonchev–Trinajstić information content (AvgIpc) is 2.20. The summed E-state index contributed by atoms with van der Waals surface area (Å²) in [7, 11) is 0. The van der Waals surface area contributed by atoms with E-state index in [4.69, 9.17) is 0 Å². The molecule has 1 aromatic rings. The SMILES string of the molecule is C[C@]1(O)CC[C@@H](c2ccc(O)cc2)CC1. The number of aliphatic hydroxyl groups is 1. The van der Waals surface area contributed by atoms with Crippen molar-refractivity contribution in [3.63, 3.8) is 0 Å². The maximum atomic E-state index is 9.84. The van der Waals surface area contributed by atoms with E-state index in [9.17, 15) is 10.2 Å². The number of benzene rings is 1. The summed E-state index contributed by atoms with van der Waals surface area (Å²) in [5, 5.41) is 19.0. The minimum atomic E-state index is -0.465. The van der Waals surface area contributed by atoms with Crippen molar-refractivity contribution in [2.45, 2.75) is 44.1 Å². The molecule has 0 bridgehead atoms. The molecule has 0 radical (unpaired) electrons. The van der Waals surface area contributed by atoms with E-state index < -0.39 is 5.60 Å². The molecule has 15 heavy (non-hydrogen) atoms. The van der Waals surface area contributed by atoms with Crippen LogP contribution in [0.25, 0.3) is 0 Å². The highest BCUT2D eigenvalue weighted by molar-refractivity contribution is 5.28. The van der Waals surface area contributed by atoms with Crippen LogP contribution in [-0.4, -0.2) is 15.8 Å². The quantitative estimate of drug-likeness (QED) is 0.741. The summed E-state index contributed by atoms with van der Waals surface area (Å²) in [4.78, 5) is 0. The number of phenolic OH excluding ortho intramolecular Hbond substituents is 1. The molecular formula is C13H18O2. The molecule has 1 aliphatic rings. The molecule has 0 unspecified atom stereocenters.